The first kappa shape index (κ1) is 20.3. The molecule has 7 nitrogen and oxygen atoms in total. The van der Waals surface area contributed by atoms with Gasteiger partial charge in [0.25, 0.3) is 0 Å². The minimum Gasteiger partial charge on any atom is -0.497 e. The molecule has 1 aliphatic heterocycles. The summed E-state index contributed by atoms with van der Waals surface area (Å²) >= 11 is 0. The number of benzene rings is 2. The Bertz CT molecular complexity index is 932. The van der Waals surface area contributed by atoms with E-state index >= 15 is 0 Å². The second-order valence-electron chi connectivity index (χ2n) is 7.48. The Morgan fingerprint density at radius 3 is 2.43 bits per heavy atom. The van der Waals surface area contributed by atoms with Crippen molar-refractivity contribution in [3.05, 3.63) is 84.2 Å². The maximum atomic E-state index is 5.27. The number of tetrazole rings is 1. The van der Waals surface area contributed by atoms with Crippen molar-refractivity contribution in [1.82, 2.24) is 30.0 Å². The molecule has 3 aromatic rings. The first-order chi connectivity index (χ1) is 14.8. The van der Waals surface area contributed by atoms with Gasteiger partial charge in [0.2, 0.25) is 0 Å². The molecule has 30 heavy (non-hydrogen) atoms. The standard InChI is InChI=1S/C23H28N6O/c1-3-13-27-14-16-28(17-15-27)22(20-7-5-4-6-8-20)23-24-25-26-29(23)18-19-9-11-21(30-2)12-10-19/h3-12,22H,1,13-18H2,2H3. The molecule has 0 radical (unpaired) electrons. The molecule has 0 spiro atoms. The summed E-state index contributed by atoms with van der Waals surface area (Å²) in [5, 5.41) is 12.8. The SMILES string of the molecule is C=CCN1CCN(C(c2ccccc2)c2nnnn2Cc2ccc(OC)cc2)CC1. The highest BCUT2D eigenvalue weighted by Crippen LogP contribution is 2.28. The Balaban J connectivity index is 1.60. The zero-order valence-electron chi connectivity index (χ0n) is 17.4. The monoisotopic (exact) mass is 404 g/mol. The van der Waals surface area contributed by atoms with Gasteiger partial charge in [0, 0.05) is 32.7 Å². The van der Waals surface area contributed by atoms with Gasteiger partial charge in [-0.15, -0.1) is 11.7 Å². The fraction of sp³-hybridized carbons (Fsp3) is 0.348. The van der Waals surface area contributed by atoms with Crippen LogP contribution in [0.5, 0.6) is 5.75 Å². The molecule has 0 bridgehead atoms. The summed E-state index contributed by atoms with van der Waals surface area (Å²) in [6.45, 7) is 9.35. The van der Waals surface area contributed by atoms with E-state index in [4.69, 9.17) is 4.74 Å². The predicted octanol–water partition coefficient (Wildman–Crippen LogP) is 2.62. The summed E-state index contributed by atoms with van der Waals surface area (Å²) in [6, 6.07) is 18.6. The van der Waals surface area contributed by atoms with Crippen molar-refractivity contribution in [1.29, 1.82) is 0 Å². The second-order valence-corrected chi connectivity index (χ2v) is 7.48. The Morgan fingerprint density at radius 1 is 1.03 bits per heavy atom. The van der Waals surface area contributed by atoms with E-state index in [1.165, 1.54) is 5.56 Å². The topological polar surface area (TPSA) is 59.3 Å². The number of aromatic nitrogens is 4. The zero-order valence-corrected chi connectivity index (χ0v) is 17.4. The van der Waals surface area contributed by atoms with Crippen LogP contribution in [0, 0.1) is 0 Å². The molecule has 156 valence electrons. The molecule has 4 rings (SSSR count). The van der Waals surface area contributed by atoms with Gasteiger partial charge < -0.3 is 4.74 Å². The average molecular weight is 405 g/mol. The number of nitrogens with zero attached hydrogens (tertiary/aromatic N) is 6. The summed E-state index contributed by atoms with van der Waals surface area (Å²) in [6.07, 6.45) is 1.97. The van der Waals surface area contributed by atoms with Crippen molar-refractivity contribution in [2.24, 2.45) is 0 Å². The number of hydrogen-bond acceptors (Lipinski definition) is 6. The summed E-state index contributed by atoms with van der Waals surface area (Å²) in [7, 11) is 1.67. The molecule has 7 heteroatoms. The molecule has 1 atom stereocenters. The summed E-state index contributed by atoms with van der Waals surface area (Å²) < 4.78 is 7.18. The van der Waals surface area contributed by atoms with Crippen molar-refractivity contribution >= 4 is 0 Å². The molecule has 1 saturated heterocycles. The van der Waals surface area contributed by atoms with E-state index in [0.29, 0.717) is 6.54 Å². The Labute approximate surface area is 177 Å². The molecule has 1 fully saturated rings. The molecule has 1 aliphatic rings. The van der Waals surface area contributed by atoms with Crippen LogP contribution in [0.4, 0.5) is 0 Å². The van der Waals surface area contributed by atoms with E-state index in [9.17, 15) is 0 Å². The van der Waals surface area contributed by atoms with E-state index in [1.807, 2.05) is 29.0 Å². The number of piperazine rings is 1. The molecule has 0 saturated carbocycles. The van der Waals surface area contributed by atoms with E-state index < -0.39 is 0 Å². The lowest BCUT2D eigenvalue weighted by molar-refractivity contribution is 0.112. The highest BCUT2D eigenvalue weighted by atomic mass is 16.5. The highest BCUT2D eigenvalue weighted by molar-refractivity contribution is 5.28. The third-order valence-corrected chi connectivity index (χ3v) is 5.57. The molecular formula is C23H28N6O. The molecule has 0 aliphatic carbocycles. The van der Waals surface area contributed by atoms with E-state index in [-0.39, 0.29) is 6.04 Å². The lowest BCUT2D eigenvalue weighted by atomic mass is 10.0. The normalized spacial score (nSPS) is 16.3. The van der Waals surface area contributed by atoms with Gasteiger partial charge in [-0.2, -0.15) is 0 Å². The van der Waals surface area contributed by atoms with Crippen molar-refractivity contribution in [2.45, 2.75) is 12.6 Å². The third kappa shape index (κ3) is 4.58. The summed E-state index contributed by atoms with van der Waals surface area (Å²) in [5.74, 6) is 1.71. The van der Waals surface area contributed by atoms with Crippen LogP contribution in [0.15, 0.2) is 67.3 Å². The van der Waals surface area contributed by atoms with Crippen molar-refractivity contribution in [2.75, 3.05) is 39.8 Å². The molecule has 2 heterocycles. The Morgan fingerprint density at radius 2 is 1.77 bits per heavy atom. The van der Waals surface area contributed by atoms with E-state index in [1.54, 1.807) is 7.11 Å². The minimum atomic E-state index is 0.0188. The predicted molar refractivity (Wildman–Crippen MR) is 116 cm³/mol. The summed E-state index contributed by atoms with van der Waals surface area (Å²) in [4.78, 5) is 4.90. The van der Waals surface area contributed by atoms with Gasteiger partial charge >= 0.3 is 0 Å². The van der Waals surface area contributed by atoms with Crippen LogP contribution in [0.25, 0.3) is 0 Å². The first-order valence-electron chi connectivity index (χ1n) is 10.3. The summed E-state index contributed by atoms with van der Waals surface area (Å²) in [5.41, 5.74) is 2.34. The highest BCUT2D eigenvalue weighted by Gasteiger charge is 2.30. The first-order valence-corrected chi connectivity index (χ1v) is 10.3. The van der Waals surface area contributed by atoms with Crippen LogP contribution in [0.3, 0.4) is 0 Å². The van der Waals surface area contributed by atoms with Gasteiger partial charge in [-0.1, -0.05) is 48.5 Å². The van der Waals surface area contributed by atoms with Crippen LogP contribution in [-0.2, 0) is 6.54 Å². The van der Waals surface area contributed by atoms with Crippen molar-refractivity contribution in [3.8, 4) is 5.75 Å². The molecule has 2 aromatic carbocycles. The third-order valence-electron chi connectivity index (χ3n) is 5.57. The lowest BCUT2D eigenvalue weighted by Crippen LogP contribution is -2.48. The largest absolute Gasteiger partial charge is 0.497 e. The van der Waals surface area contributed by atoms with E-state index in [2.05, 4.69) is 68.3 Å². The molecule has 0 N–H and O–H groups in total. The number of rotatable bonds is 8. The maximum absolute atomic E-state index is 5.27. The Hall–Kier alpha value is -3.03. The van der Waals surface area contributed by atoms with Gasteiger partial charge in [0.15, 0.2) is 5.82 Å². The van der Waals surface area contributed by atoms with E-state index in [0.717, 1.165) is 49.9 Å². The fourth-order valence-corrected chi connectivity index (χ4v) is 3.97. The average Bonchev–Trinajstić information content (AvgIpc) is 3.24. The van der Waals surface area contributed by atoms with Crippen LogP contribution in [0.2, 0.25) is 0 Å². The van der Waals surface area contributed by atoms with Crippen LogP contribution < -0.4 is 4.74 Å². The van der Waals surface area contributed by atoms with Crippen LogP contribution in [-0.4, -0.2) is 69.8 Å². The number of methoxy groups -OCH3 is 1. The zero-order chi connectivity index (χ0) is 20.8. The smallest absolute Gasteiger partial charge is 0.173 e. The van der Waals surface area contributed by atoms with Crippen molar-refractivity contribution < 1.29 is 4.74 Å². The lowest BCUT2D eigenvalue weighted by Gasteiger charge is -2.38. The number of hydrogen-bond donors (Lipinski definition) is 0. The van der Waals surface area contributed by atoms with Crippen molar-refractivity contribution in [3.63, 3.8) is 0 Å². The fourth-order valence-electron chi connectivity index (χ4n) is 3.97. The van der Waals surface area contributed by atoms with Gasteiger partial charge in [-0.3, -0.25) is 9.80 Å². The Kier molecular flexibility index (Phi) is 6.51. The van der Waals surface area contributed by atoms with Crippen LogP contribution in [0.1, 0.15) is 23.0 Å². The molecular weight excluding hydrogens is 376 g/mol. The molecule has 1 unspecified atom stereocenters. The second kappa shape index (κ2) is 9.65. The van der Waals surface area contributed by atoms with Gasteiger partial charge in [0.05, 0.1) is 19.7 Å². The molecule has 1 aromatic heterocycles. The quantitative estimate of drug-likeness (QED) is 0.538. The molecule has 0 amide bonds. The van der Waals surface area contributed by atoms with Gasteiger partial charge in [0.1, 0.15) is 5.75 Å². The van der Waals surface area contributed by atoms with Gasteiger partial charge in [-0.05, 0) is 33.7 Å². The number of ether oxygens (including phenoxy) is 1. The van der Waals surface area contributed by atoms with Gasteiger partial charge in [-0.25, -0.2) is 4.68 Å². The maximum Gasteiger partial charge on any atom is 0.173 e. The van der Waals surface area contributed by atoms with Crippen LogP contribution >= 0.6 is 0 Å². The minimum absolute atomic E-state index is 0.0188.